The van der Waals surface area contributed by atoms with E-state index in [2.05, 4.69) is 72.7 Å². The minimum atomic E-state index is 0.450. The van der Waals surface area contributed by atoms with Gasteiger partial charge in [-0.05, 0) is 122 Å². The van der Waals surface area contributed by atoms with Gasteiger partial charge in [-0.1, -0.05) is 140 Å². The van der Waals surface area contributed by atoms with E-state index >= 15 is 0 Å². The van der Waals surface area contributed by atoms with Crippen molar-refractivity contribution in [3.63, 3.8) is 0 Å². The van der Waals surface area contributed by atoms with Crippen molar-refractivity contribution >= 4 is 0 Å². The Morgan fingerprint density at radius 3 is 1.35 bits per heavy atom. The maximum atomic E-state index is 6.19. The summed E-state index contributed by atoms with van der Waals surface area (Å²) >= 11 is 0. The lowest BCUT2D eigenvalue weighted by molar-refractivity contribution is 0.0368. The molecule has 0 aromatic heterocycles. The highest BCUT2D eigenvalue weighted by molar-refractivity contribution is 4.93. The first-order valence-corrected chi connectivity index (χ1v) is 22.5. The van der Waals surface area contributed by atoms with Gasteiger partial charge in [0, 0.05) is 25.7 Å². The highest BCUT2D eigenvalue weighted by atomic mass is 16.5. The summed E-state index contributed by atoms with van der Waals surface area (Å²) in [7, 11) is 0. The average Bonchev–Trinajstić information content (AvgIpc) is 3.67. The van der Waals surface area contributed by atoms with Crippen LogP contribution in [0, 0.1) is 5.92 Å². The molecule has 1 aliphatic rings. The Morgan fingerprint density at radius 1 is 0.490 bits per heavy atom. The molecule has 0 bridgehead atoms. The molecule has 0 amide bonds. The molecule has 4 nitrogen and oxygen atoms in total. The molecule has 1 N–H and O–H groups in total. The number of nitrogens with zero attached hydrogens (tertiary/aromatic N) is 1. The molecule has 0 aliphatic carbocycles. The fraction of sp³-hybridized carbons (Fsp3) is 0.830. The van der Waals surface area contributed by atoms with Gasteiger partial charge in [-0.15, -0.1) is 0 Å². The zero-order chi connectivity index (χ0) is 36.4. The summed E-state index contributed by atoms with van der Waals surface area (Å²) in [5, 5.41) is 3.72. The molecule has 0 radical (unpaired) electrons. The van der Waals surface area contributed by atoms with Crippen LogP contribution in [0.4, 0.5) is 0 Å². The lowest BCUT2D eigenvalue weighted by atomic mass is 10.1. The quantitative estimate of drug-likeness (QED) is 0.0506. The zero-order valence-electron chi connectivity index (χ0n) is 34.4. The third-order valence-corrected chi connectivity index (χ3v) is 10.1. The molecule has 1 heterocycles. The van der Waals surface area contributed by atoms with Crippen LogP contribution in [-0.2, 0) is 9.47 Å². The van der Waals surface area contributed by atoms with E-state index in [0.717, 1.165) is 52.4 Å². The van der Waals surface area contributed by atoms with E-state index in [-0.39, 0.29) is 0 Å². The van der Waals surface area contributed by atoms with Gasteiger partial charge in [0.2, 0.25) is 0 Å². The number of ether oxygens (including phenoxy) is 2. The van der Waals surface area contributed by atoms with Gasteiger partial charge in [0.05, 0.1) is 13.2 Å². The molecule has 51 heavy (non-hydrogen) atoms. The van der Waals surface area contributed by atoms with E-state index in [4.69, 9.17) is 9.47 Å². The third-order valence-electron chi connectivity index (χ3n) is 10.1. The minimum absolute atomic E-state index is 0.450. The SMILES string of the molecule is CCCCCC=CCC=CCCCCCCCCOCC(CNCCCN1CCCC1)COCCCCCCCCC=CCC=CCCCCC. The second-order valence-electron chi connectivity index (χ2n) is 15.3. The Morgan fingerprint density at radius 2 is 0.902 bits per heavy atom. The summed E-state index contributed by atoms with van der Waals surface area (Å²) in [5.41, 5.74) is 0. The number of hydrogen-bond acceptors (Lipinski definition) is 4. The second-order valence-corrected chi connectivity index (χ2v) is 15.3. The summed E-state index contributed by atoms with van der Waals surface area (Å²) in [4.78, 5) is 2.62. The number of unbranched alkanes of at least 4 members (excludes halogenated alkanes) is 18. The van der Waals surface area contributed by atoms with E-state index in [0.29, 0.717) is 5.92 Å². The van der Waals surface area contributed by atoms with Crippen LogP contribution in [0.3, 0.4) is 0 Å². The maximum absolute atomic E-state index is 6.19. The van der Waals surface area contributed by atoms with Crippen LogP contribution >= 0.6 is 0 Å². The van der Waals surface area contributed by atoms with Crippen molar-refractivity contribution in [3.05, 3.63) is 48.6 Å². The smallest absolute Gasteiger partial charge is 0.0528 e. The van der Waals surface area contributed by atoms with Crippen molar-refractivity contribution in [3.8, 4) is 0 Å². The van der Waals surface area contributed by atoms with Crippen LogP contribution in [-0.4, -0.2) is 64.1 Å². The molecule has 0 saturated carbocycles. The predicted molar refractivity (Wildman–Crippen MR) is 227 cm³/mol. The van der Waals surface area contributed by atoms with Crippen molar-refractivity contribution in [1.82, 2.24) is 10.2 Å². The van der Waals surface area contributed by atoms with Gasteiger partial charge in [-0.2, -0.15) is 0 Å². The normalized spacial score (nSPS) is 14.9. The summed E-state index contributed by atoms with van der Waals surface area (Å²) in [6.45, 7) is 13.9. The first-order chi connectivity index (χ1) is 25.4. The topological polar surface area (TPSA) is 33.7 Å². The fourth-order valence-electron chi connectivity index (χ4n) is 6.79. The molecule has 4 heteroatoms. The van der Waals surface area contributed by atoms with Gasteiger partial charge in [0.25, 0.3) is 0 Å². The molecular formula is C47H88N2O2. The van der Waals surface area contributed by atoms with Crippen LogP contribution in [0.1, 0.15) is 187 Å². The monoisotopic (exact) mass is 713 g/mol. The molecule has 1 rings (SSSR count). The van der Waals surface area contributed by atoms with Crippen LogP contribution in [0.5, 0.6) is 0 Å². The van der Waals surface area contributed by atoms with Gasteiger partial charge < -0.3 is 19.7 Å². The molecule has 0 aromatic rings. The lowest BCUT2D eigenvalue weighted by Crippen LogP contribution is -2.32. The average molecular weight is 713 g/mol. The number of allylic oxidation sites excluding steroid dienone is 8. The van der Waals surface area contributed by atoms with Crippen LogP contribution in [0.15, 0.2) is 48.6 Å². The highest BCUT2D eigenvalue weighted by Crippen LogP contribution is 2.11. The Kier molecular flexibility index (Phi) is 39.0. The van der Waals surface area contributed by atoms with Crippen molar-refractivity contribution in [1.29, 1.82) is 0 Å². The lowest BCUT2D eigenvalue weighted by Gasteiger charge is -2.19. The van der Waals surface area contributed by atoms with Crippen molar-refractivity contribution in [2.45, 2.75) is 187 Å². The number of rotatable bonds is 40. The molecule has 1 fully saturated rings. The minimum Gasteiger partial charge on any atom is -0.381 e. The molecule has 1 saturated heterocycles. The van der Waals surface area contributed by atoms with Gasteiger partial charge >= 0.3 is 0 Å². The predicted octanol–water partition coefficient (Wildman–Crippen LogP) is 13.3. The van der Waals surface area contributed by atoms with Crippen LogP contribution in [0.2, 0.25) is 0 Å². The van der Waals surface area contributed by atoms with Gasteiger partial charge in [-0.25, -0.2) is 0 Å². The summed E-state index contributed by atoms with van der Waals surface area (Å²) in [5.74, 6) is 0.450. The number of nitrogens with one attached hydrogen (secondary N) is 1. The molecule has 0 unspecified atom stereocenters. The third kappa shape index (κ3) is 36.9. The second kappa shape index (κ2) is 41.6. The van der Waals surface area contributed by atoms with Crippen molar-refractivity contribution < 1.29 is 9.47 Å². The van der Waals surface area contributed by atoms with E-state index in [9.17, 15) is 0 Å². The van der Waals surface area contributed by atoms with Crippen molar-refractivity contribution in [2.24, 2.45) is 5.92 Å². The largest absolute Gasteiger partial charge is 0.381 e. The molecule has 0 spiro atoms. The van der Waals surface area contributed by atoms with E-state index in [1.54, 1.807) is 0 Å². The Bertz CT molecular complexity index is 733. The number of hydrogen-bond donors (Lipinski definition) is 1. The van der Waals surface area contributed by atoms with Crippen LogP contribution in [0.25, 0.3) is 0 Å². The standard InChI is InChI=1S/C47H88N2O2/c1-3-5-7-9-11-13-15-17-19-21-23-25-27-29-31-35-42-50-45-47(44-48-38-37-41-49-39-33-34-40-49)46-51-43-36-32-30-28-26-24-22-20-18-16-14-12-10-8-6-4-2/h11-14,17-20,47-48H,3-10,15-16,21-46H2,1-2H3. The highest BCUT2D eigenvalue weighted by Gasteiger charge is 2.12. The van der Waals surface area contributed by atoms with Crippen molar-refractivity contribution in [2.75, 3.05) is 59.2 Å². The first-order valence-electron chi connectivity index (χ1n) is 22.5. The summed E-state index contributed by atoms with van der Waals surface area (Å²) in [6.07, 6.45) is 53.7. The molecule has 1 aliphatic heterocycles. The Hall–Kier alpha value is -1.20. The van der Waals surface area contributed by atoms with Crippen LogP contribution < -0.4 is 5.32 Å². The fourth-order valence-corrected chi connectivity index (χ4v) is 6.79. The summed E-state index contributed by atoms with van der Waals surface area (Å²) in [6, 6.07) is 0. The maximum Gasteiger partial charge on any atom is 0.0528 e. The molecule has 298 valence electrons. The molecule has 0 aromatic carbocycles. The van der Waals surface area contributed by atoms with Gasteiger partial charge in [0.15, 0.2) is 0 Å². The van der Waals surface area contributed by atoms with E-state index in [1.807, 2.05) is 0 Å². The van der Waals surface area contributed by atoms with E-state index in [1.165, 1.54) is 180 Å². The van der Waals surface area contributed by atoms with Gasteiger partial charge in [0.1, 0.15) is 0 Å². The zero-order valence-corrected chi connectivity index (χ0v) is 34.4. The number of likely N-dealkylation sites (tertiary alicyclic amines) is 1. The Balaban J connectivity index is 2.05. The molecular weight excluding hydrogens is 625 g/mol. The Labute approximate surface area is 319 Å². The van der Waals surface area contributed by atoms with E-state index < -0.39 is 0 Å². The van der Waals surface area contributed by atoms with Gasteiger partial charge in [-0.3, -0.25) is 0 Å². The first kappa shape index (κ1) is 47.8. The summed E-state index contributed by atoms with van der Waals surface area (Å²) < 4.78 is 12.4. The molecule has 0 atom stereocenters.